The molecule has 1 amide bonds. The summed E-state index contributed by atoms with van der Waals surface area (Å²) in [5, 5.41) is 4.96. The summed E-state index contributed by atoms with van der Waals surface area (Å²) in [6.45, 7) is 0.316. The number of amides is 1. The predicted octanol–water partition coefficient (Wildman–Crippen LogP) is 1.38. The van der Waals surface area contributed by atoms with E-state index in [1.165, 1.54) is 23.1 Å². The van der Waals surface area contributed by atoms with Crippen LogP contribution in [0.5, 0.6) is 0 Å². The molecular weight excluding hydrogens is 333 g/mol. The number of carbonyl (C=O) groups is 1. The zero-order valence-electron chi connectivity index (χ0n) is 12.2. The molecule has 1 unspecified atom stereocenters. The molecule has 0 spiro atoms. The Labute approximate surface area is 132 Å². The van der Waals surface area contributed by atoms with Crippen molar-refractivity contribution in [2.75, 3.05) is 18.8 Å². The SMILES string of the molecule is NS(=O)(=O)CC1CC(=O)N(CCc2ccccc2C(F)(F)F)C1. The summed E-state index contributed by atoms with van der Waals surface area (Å²) in [6.07, 6.45) is -4.33. The third kappa shape index (κ3) is 4.93. The lowest BCUT2D eigenvalue weighted by Gasteiger charge is -2.18. The molecule has 1 fully saturated rings. The lowest BCUT2D eigenvalue weighted by atomic mass is 10.0. The minimum atomic E-state index is -4.44. The fraction of sp³-hybridized carbons (Fsp3) is 0.500. The molecule has 1 aromatic rings. The molecule has 0 aromatic heterocycles. The molecule has 1 saturated heterocycles. The largest absolute Gasteiger partial charge is 0.416 e. The van der Waals surface area contributed by atoms with Crippen LogP contribution in [0.1, 0.15) is 17.5 Å². The van der Waals surface area contributed by atoms with Crippen LogP contribution >= 0.6 is 0 Å². The number of halogens is 3. The Morgan fingerprint density at radius 1 is 1.26 bits per heavy atom. The molecule has 1 heterocycles. The first-order chi connectivity index (χ1) is 10.6. The maximum atomic E-state index is 12.9. The van der Waals surface area contributed by atoms with Crippen molar-refractivity contribution in [3.05, 3.63) is 35.4 Å². The van der Waals surface area contributed by atoms with Crippen molar-refractivity contribution in [2.45, 2.75) is 19.0 Å². The summed E-state index contributed by atoms with van der Waals surface area (Å²) in [5.41, 5.74) is -0.601. The Balaban J connectivity index is 2.01. The highest BCUT2D eigenvalue weighted by Gasteiger charge is 2.34. The highest BCUT2D eigenvalue weighted by atomic mass is 32.2. The quantitative estimate of drug-likeness (QED) is 0.871. The highest BCUT2D eigenvalue weighted by molar-refractivity contribution is 7.89. The zero-order valence-corrected chi connectivity index (χ0v) is 13.0. The van der Waals surface area contributed by atoms with Gasteiger partial charge in [0.15, 0.2) is 0 Å². The molecule has 23 heavy (non-hydrogen) atoms. The number of benzene rings is 1. The van der Waals surface area contributed by atoms with Crippen molar-refractivity contribution in [1.82, 2.24) is 4.90 Å². The predicted molar refractivity (Wildman–Crippen MR) is 77.8 cm³/mol. The fourth-order valence-corrected chi connectivity index (χ4v) is 3.66. The third-order valence-corrected chi connectivity index (χ3v) is 4.67. The standard InChI is InChI=1S/C14H17F3N2O3S/c15-14(16,17)12-4-2-1-3-11(12)5-6-19-8-10(7-13(19)20)9-23(18,21)22/h1-4,10H,5-9H2,(H2,18,21,22). The average Bonchev–Trinajstić information content (AvgIpc) is 2.73. The summed E-state index contributed by atoms with van der Waals surface area (Å²) in [5.74, 6) is -0.965. The van der Waals surface area contributed by atoms with Gasteiger partial charge in [0.25, 0.3) is 0 Å². The van der Waals surface area contributed by atoms with E-state index in [0.717, 1.165) is 6.07 Å². The number of nitrogens with two attached hydrogens (primary N) is 1. The van der Waals surface area contributed by atoms with E-state index in [1.807, 2.05) is 0 Å². The van der Waals surface area contributed by atoms with Crippen LogP contribution in [0, 0.1) is 5.92 Å². The van der Waals surface area contributed by atoms with Gasteiger partial charge in [-0.2, -0.15) is 13.2 Å². The second-order valence-corrected chi connectivity index (χ2v) is 7.30. The summed E-state index contributed by atoms with van der Waals surface area (Å²) >= 11 is 0. The van der Waals surface area contributed by atoms with Gasteiger partial charge in [0.2, 0.25) is 15.9 Å². The molecule has 1 aliphatic heterocycles. The van der Waals surface area contributed by atoms with Crippen LogP contribution in [-0.2, 0) is 27.4 Å². The Hall–Kier alpha value is -1.61. The van der Waals surface area contributed by atoms with Crippen molar-refractivity contribution in [1.29, 1.82) is 0 Å². The van der Waals surface area contributed by atoms with Crippen LogP contribution in [-0.4, -0.2) is 38.1 Å². The summed E-state index contributed by atoms with van der Waals surface area (Å²) in [4.78, 5) is 13.2. The van der Waals surface area contributed by atoms with Gasteiger partial charge in [0, 0.05) is 25.4 Å². The van der Waals surface area contributed by atoms with Crippen LogP contribution in [0.15, 0.2) is 24.3 Å². The van der Waals surface area contributed by atoms with Crippen LogP contribution in [0.4, 0.5) is 13.2 Å². The van der Waals surface area contributed by atoms with Gasteiger partial charge in [-0.3, -0.25) is 4.79 Å². The van der Waals surface area contributed by atoms with Gasteiger partial charge in [0.05, 0.1) is 11.3 Å². The van der Waals surface area contributed by atoms with E-state index in [-0.39, 0.29) is 43.2 Å². The molecule has 1 atom stereocenters. The van der Waals surface area contributed by atoms with Crippen LogP contribution in [0.2, 0.25) is 0 Å². The smallest absolute Gasteiger partial charge is 0.342 e. The van der Waals surface area contributed by atoms with Gasteiger partial charge in [-0.25, -0.2) is 13.6 Å². The number of carbonyl (C=O) groups excluding carboxylic acids is 1. The van der Waals surface area contributed by atoms with Gasteiger partial charge >= 0.3 is 6.18 Å². The summed E-state index contributed by atoms with van der Waals surface area (Å²) in [7, 11) is -3.68. The number of hydrogen-bond donors (Lipinski definition) is 1. The van der Waals surface area contributed by atoms with E-state index in [1.54, 1.807) is 0 Å². The normalized spacial score (nSPS) is 19.4. The summed E-state index contributed by atoms with van der Waals surface area (Å²) < 4.78 is 60.9. The summed E-state index contributed by atoms with van der Waals surface area (Å²) in [6, 6.07) is 5.21. The molecular formula is C14H17F3N2O3S. The van der Waals surface area contributed by atoms with E-state index in [0.29, 0.717) is 0 Å². The van der Waals surface area contributed by atoms with E-state index in [9.17, 15) is 26.4 Å². The Bertz CT molecular complexity index is 689. The van der Waals surface area contributed by atoms with Crippen molar-refractivity contribution in [3.8, 4) is 0 Å². The number of nitrogens with zero attached hydrogens (tertiary/aromatic N) is 1. The number of alkyl halides is 3. The van der Waals surface area contributed by atoms with Crippen molar-refractivity contribution in [2.24, 2.45) is 11.1 Å². The van der Waals surface area contributed by atoms with Gasteiger partial charge in [-0.15, -0.1) is 0 Å². The van der Waals surface area contributed by atoms with E-state index in [2.05, 4.69) is 0 Å². The number of hydrogen-bond acceptors (Lipinski definition) is 3. The Morgan fingerprint density at radius 3 is 2.52 bits per heavy atom. The minimum absolute atomic E-state index is 0.0529. The van der Waals surface area contributed by atoms with Crippen LogP contribution in [0.3, 0.4) is 0 Å². The molecule has 5 nitrogen and oxygen atoms in total. The fourth-order valence-electron chi connectivity index (χ4n) is 2.78. The van der Waals surface area contributed by atoms with E-state index in [4.69, 9.17) is 5.14 Å². The van der Waals surface area contributed by atoms with Crippen LogP contribution in [0.25, 0.3) is 0 Å². The topological polar surface area (TPSA) is 80.5 Å². The lowest BCUT2D eigenvalue weighted by Crippen LogP contribution is -2.29. The Morgan fingerprint density at radius 2 is 1.91 bits per heavy atom. The van der Waals surface area contributed by atoms with E-state index < -0.39 is 27.7 Å². The van der Waals surface area contributed by atoms with Gasteiger partial charge in [-0.05, 0) is 18.1 Å². The van der Waals surface area contributed by atoms with Crippen molar-refractivity contribution >= 4 is 15.9 Å². The first-order valence-electron chi connectivity index (χ1n) is 6.99. The van der Waals surface area contributed by atoms with Gasteiger partial charge < -0.3 is 4.90 Å². The molecule has 0 bridgehead atoms. The molecule has 2 N–H and O–H groups in total. The van der Waals surface area contributed by atoms with Gasteiger partial charge in [0.1, 0.15) is 0 Å². The molecule has 2 rings (SSSR count). The number of rotatable bonds is 5. The number of sulfonamides is 1. The highest BCUT2D eigenvalue weighted by Crippen LogP contribution is 2.32. The monoisotopic (exact) mass is 350 g/mol. The van der Waals surface area contributed by atoms with Gasteiger partial charge in [-0.1, -0.05) is 18.2 Å². The second kappa shape index (κ2) is 6.48. The first kappa shape index (κ1) is 17.7. The number of primary sulfonamides is 1. The molecule has 0 radical (unpaired) electrons. The molecule has 128 valence electrons. The first-order valence-corrected chi connectivity index (χ1v) is 8.71. The maximum Gasteiger partial charge on any atom is 0.416 e. The zero-order chi connectivity index (χ0) is 17.3. The second-order valence-electron chi connectivity index (χ2n) is 5.64. The molecule has 0 aliphatic carbocycles. The van der Waals surface area contributed by atoms with Crippen molar-refractivity contribution < 1.29 is 26.4 Å². The van der Waals surface area contributed by atoms with Crippen LogP contribution < -0.4 is 5.14 Å². The number of likely N-dealkylation sites (tertiary alicyclic amines) is 1. The average molecular weight is 350 g/mol. The third-order valence-electron chi connectivity index (χ3n) is 3.74. The minimum Gasteiger partial charge on any atom is -0.342 e. The maximum absolute atomic E-state index is 12.9. The molecule has 0 saturated carbocycles. The molecule has 1 aliphatic rings. The van der Waals surface area contributed by atoms with E-state index >= 15 is 0 Å². The van der Waals surface area contributed by atoms with Crippen molar-refractivity contribution in [3.63, 3.8) is 0 Å². The lowest BCUT2D eigenvalue weighted by molar-refractivity contribution is -0.138. The molecule has 9 heteroatoms. The molecule has 1 aromatic carbocycles. The Kier molecular flexibility index (Phi) is 5.00.